The first-order valence-corrected chi connectivity index (χ1v) is 14.7. The molecule has 3 nitrogen and oxygen atoms in total. The molecule has 0 amide bonds. The Balaban J connectivity index is 2.30. The lowest BCUT2D eigenvalue weighted by molar-refractivity contribution is 0.443. The molecule has 0 aliphatic heterocycles. The van der Waals surface area contributed by atoms with Crippen LogP contribution >= 0.6 is 0 Å². The first-order chi connectivity index (χ1) is 18.2. The van der Waals surface area contributed by atoms with Gasteiger partial charge in [0, 0.05) is 22.6 Å². The maximum Gasteiger partial charge on any atom is 0.119 e. The summed E-state index contributed by atoms with van der Waals surface area (Å²) >= 11 is 0. The van der Waals surface area contributed by atoms with E-state index in [1.807, 2.05) is 18.2 Å². The molecule has 0 aromatic heterocycles. The lowest BCUT2D eigenvalue weighted by Gasteiger charge is -2.32. The Kier molecular flexibility index (Phi) is 8.53. The zero-order valence-electron chi connectivity index (χ0n) is 27.2. The molecule has 0 aliphatic carbocycles. The number of aromatic hydroxyl groups is 3. The molecule has 0 bridgehead atoms. The molecule has 3 rings (SSSR count). The quantitative estimate of drug-likeness (QED) is 0.299. The smallest absolute Gasteiger partial charge is 0.119 e. The Labute approximate surface area is 243 Å². The van der Waals surface area contributed by atoms with Gasteiger partial charge in [-0.15, -0.1) is 0 Å². The van der Waals surface area contributed by atoms with Crippen LogP contribution in [0.3, 0.4) is 0 Å². The minimum absolute atomic E-state index is 0.0460. The molecule has 3 aromatic carbocycles. The highest BCUT2D eigenvalue weighted by Crippen LogP contribution is 2.46. The summed E-state index contributed by atoms with van der Waals surface area (Å²) in [4.78, 5) is 0. The van der Waals surface area contributed by atoms with E-state index >= 15 is 0 Å². The van der Waals surface area contributed by atoms with Gasteiger partial charge in [-0.1, -0.05) is 87.4 Å². The first kappa shape index (κ1) is 31.6. The molecule has 0 radical (unpaired) electrons. The summed E-state index contributed by atoms with van der Waals surface area (Å²) in [5, 5.41) is 32.6. The van der Waals surface area contributed by atoms with Gasteiger partial charge in [0.2, 0.25) is 0 Å². The standard InChI is InChI=1S/C37H52O3/c1-21(25-14-17-29(38)32(22(25)2)35(5,6)7)20-28(26-15-18-30(39)33(23(26)3)36(8,9)10)27-16-19-31(40)34(24(27)4)37(11,12)13/h14-19,21,28,38-40H,20H2,1-13H3. The average molecular weight is 545 g/mol. The number of hydrogen-bond donors (Lipinski definition) is 3. The van der Waals surface area contributed by atoms with Gasteiger partial charge in [0.05, 0.1) is 0 Å². The molecule has 0 fully saturated rings. The second kappa shape index (κ2) is 10.8. The SMILES string of the molecule is Cc1c(C(C)CC(c2ccc(O)c(C(C)(C)C)c2C)c2ccc(O)c(C(C)(C)C)c2C)ccc(O)c1C(C)(C)C. The van der Waals surface area contributed by atoms with Crippen LogP contribution in [0, 0.1) is 20.8 Å². The van der Waals surface area contributed by atoms with Gasteiger partial charge in [0.15, 0.2) is 0 Å². The van der Waals surface area contributed by atoms with Crippen molar-refractivity contribution in [2.24, 2.45) is 0 Å². The van der Waals surface area contributed by atoms with E-state index in [4.69, 9.17) is 0 Å². The molecular weight excluding hydrogens is 492 g/mol. The molecule has 3 aromatic rings. The Morgan fingerprint density at radius 2 is 0.775 bits per heavy atom. The van der Waals surface area contributed by atoms with Crippen LogP contribution < -0.4 is 0 Å². The second-order valence-electron chi connectivity index (χ2n) is 15.0. The van der Waals surface area contributed by atoms with Crippen molar-refractivity contribution in [3.05, 3.63) is 86.5 Å². The molecule has 0 saturated carbocycles. The Morgan fingerprint density at radius 1 is 0.500 bits per heavy atom. The summed E-state index contributed by atoms with van der Waals surface area (Å²) in [6.07, 6.45) is 0.847. The van der Waals surface area contributed by atoms with Crippen LogP contribution in [-0.4, -0.2) is 15.3 Å². The van der Waals surface area contributed by atoms with Gasteiger partial charge in [-0.3, -0.25) is 0 Å². The summed E-state index contributed by atoms with van der Waals surface area (Å²) in [5.74, 6) is 1.27. The predicted molar refractivity (Wildman–Crippen MR) is 170 cm³/mol. The van der Waals surface area contributed by atoms with Gasteiger partial charge in [0.1, 0.15) is 17.2 Å². The summed E-state index contributed by atoms with van der Waals surface area (Å²) in [6.45, 7) is 28.0. The highest BCUT2D eigenvalue weighted by atomic mass is 16.3. The van der Waals surface area contributed by atoms with Gasteiger partial charge < -0.3 is 15.3 Å². The molecule has 1 atom stereocenters. The van der Waals surface area contributed by atoms with Crippen LogP contribution in [0.5, 0.6) is 17.2 Å². The summed E-state index contributed by atoms with van der Waals surface area (Å²) in [5.41, 5.74) is 9.39. The molecule has 218 valence electrons. The zero-order valence-corrected chi connectivity index (χ0v) is 27.2. The van der Waals surface area contributed by atoms with E-state index in [1.165, 1.54) is 16.7 Å². The largest absolute Gasteiger partial charge is 0.508 e. The van der Waals surface area contributed by atoms with Gasteiger partial charge in [0.25, 0.3) is 0 Å². The number of hydrogen-bond acceptors (Lipinski definition) is 3. The van der Waals surface area contributed by atoms with Gasteiger partial charge in [-0.25, -0.2) is 0 Å². The highest BCUT2D eigenvalue weighted by molar-refractivity contribution is 5.55. The number of phenolic OH excluding ortho intramolecular Hbond substituents is 3. The minimum Gasteiger partial charge on any atom is -0.508 e. The third-order valence-electron chi connectivity index (χ3n) is 8.58. The monoisotopic (exact) mass is 544 g/mol. The topological polar surface area (TPSA) is 60.7 Å². The van der Waals surface area contributed by atoms with E-state index in [9.17, 15) is 15.3 Å². The van der Waals surface area contributed by atoms with E-state index in [0.29, 0.717) is 17.2 Å². The second-order valence-corrected chi connectivity index (χ2v) is 15.0. The van der Waals surface area contributed by atoms with Crippen LogP contribution in [-0.2, 0) is 16.2 Å². The van der Waals surface area contributed by atoms with Crippen molar-refractivity contribution in [2.45, 2.75) is 125 Å². The van der Waals surface area contributed by atoms with Crippen LogP contribution in [0.4, 0.5) is 0 Å². The van der Waals surface area contributed by atoms with E-state index in [2.05, 4.69) is 108 Å². The molecular formula is C37H52O3. The van der Waals surface area contributed by atoms with Crippen LogP contribution in [0.15, 0.2) is 36.4 Å². The fourth-order valence-electron chi connectivity index (χ4n) is 7.17. The lowest BCUT2D eigenvalue weighted by Crippen LogP contribution is -2.19. The molecule has 40 heavy (non-hydrogen) atoms. The lowest BCUT2D eigenvalue weighted by atomic mass is 9.72. The summed E-state index contributed by atoms with van der Waals surface area (Å²) in [6, 6.07) is 11.8. The van der Waals surface area contributed by atoms with Crippen molar-refractivity contribution in [1.82, 2.24) is 0 Å². The molecule has 0 aliphatic rings. The van der Waals surface area contributed by atoms with Gasteiger partial charge in [-0.05, 0) is 101 Å². The minimum atomic E-state index is -0.212. The molecule has 0 heterocycles. The maximum atomic E-state index is 10.9. The third-order valence-corrected chi connectivity index (χ3v) is 8.58. The third kappa shape index (κ3) is 6.04. The highest BCUT2D eigenvalue weighted by Gasteiger charge is 2.31. The number of rotatable bonds is 5. The zero-order chi connectivity index (χ0) is 30.5. The Bertz CT molecular complexity index is 1320. The van der Waals surface area contributed by atoms with Gasteiger partial charge >= 0.3 is 0 Å². The van der Waals surface area contributed by atoms with E-state index in [1.54, 1.807) is 0 Å². The molecule has 1 unspecified atom stereocenters. The van der Waals surface area contributed by atoms with Crippen LogP contribution in [0.2, 0.25) is 0 Å². The average Bonchev–Trinajstić information content (AvgIpc) is 2.75. The first-order valence-electron chi connectivity index (χ1n) is 14.7. The molecule has 3 heteroatoms. The normalized spacial score (nSPS) is 13.7. The molecule has 0 spiro atoms. The molecule has 0 saturated heterocycles. The predicted octanol–water partition coefficient (Wildman–Crippen LogP) is 9.95. The number of benzene rings is 3. The van der Waals surface area contributed by atoms with Gasteiger partial charge in [-0.2, -0.15) is 0 Å². The van der Waals surface area contributed by atoms with Crippen molar-refractivity contribution in [3.8, 4) is 17.2 Å². The Hall–Kier alpha value is -2.94. The maximum absolute atomic E-state index is 10.9. The summed E-state index contributed by atoms with van der Waals surface area (Å²) in [7, 11) is 0. The van der Waals surface area contributed by atoms with Crippen molar-refractivity contribution in [2.75, 3.05) is 0 Å². The Morgan fingerprint density at radius 3 is 1.07 bits per heavy atom. The summed E-state index contributed by atoms with van der Waals surface area (Å²) < 4.78 is 0. The van der Waals surface area contributed by atoms with Crippen LogP contribution in [0.1, 0.15) is 138 Å². The number of phenols is 3. The van der Waals surface area contributed by atoms with E-state index < -0.39 is 0 Å². The molecule has 3 N–H and O–H groups in total. The fraction of sp³-hybridized carbons (Fsp3) is 0.514. The van der Waals surface area contributed by atoms with Crippen molar-refractivity contribution >= 4 is 0 Å². The van der Waals surface area contributed by atoms with E-state index in [0.717, 1.165) is 39.8 Å². The van der Waals surface area contributed by atoms with Crippen molar-refractivity contribution in [3.63, 3.8) is 0 Å². The van der Waals surface area contributed by atoms with Crippen LogP contribution in [0.25, 0.3) is 0 Å². The van der Waals surface area contributed by atoms with E-state index in [-0.39, 0.29) is 28.1 Å². The fourth-order valence-corrected chi connectivity index (χ4v) is 7.17. The van der Waals surface area contributed by atoms with Crippen molar-refractivity contribution in [1.29, 1.82) is 0 Å². The van der Waals surface area contributed by atoms with Crippen molar-refractivity contribution < 1.29 is 15.3 Å².